The van der Waals surface area contributed by atoms with Crippen LogP contribution >= 0.6 is 0 Å². The Balaban J connectivity index is 2.85. The molecule has 1 heterocycles. The average Bonchev–Trinajstić information content (AvgIpc) is 1.90. The molecule has 0 unspecified atom stereocenters. The summed E-state index contributed by atoms with van der Waals surface area (Å²) >= 11 is 0. The molecular formula is C8H10N. The first-order chi connectivity index (χ1) is 4.30. The van der Waals surface area contributed by atoms with Crippen LogP contribution in [0.15, 0.2) is 18.5 Å². The Morgan fingerprint density at radius 2 is 2.33 bits per heavy atom. The Morgan fingerprint density at radius 1 is 1.56 bits per heavy atom. The predicted octanol–water partition coefficient (Wildman–Crippen LogP) is 2.01. The van der Waals surface area contributed by atoms with Gasteiger partial charge in [0, 0.05) is 12.4 Å². The van der Waals surface area contributed by atoms with Crippen molar-refractivity contribution in [3.05, 3.63) is 30.1 Å². The van der Waals surface area contributed by atoms with Crippen LogP contribution in [0.3, 0.4) is 0 Å². The highest BCUT2D eigenvalue weighted by atomic mass is 14.6. The maximum Gasteiger partial charge on any atom is 0.0308 e. The van der Waals surface area contributed by atoms with Crippen molar-refractivity contribution >= 4 is 0 Å². The third kappa shape index (κ3) is 1.53. The van der Waals surface area contributed by atoms with Gasteiger partial charge in [-0.25, -0.2) is 0 Å². The van der Waals surface area contributed by atoms with Gasteiger partial charge < -0.3 is 0 Å². The molecule has 1 aromatic rings. The lowest BCUT2D eigenvalue weighted by atomic mass is 10.1. The van der Waals surface area contributed by atoms with E-state index in [1.807, 2.05) is 12.3 Å². The number of nitrogens with zero attached hydrogens (tertiary/aromatic N) is 1. The van der Waals surface area contributed by atoms with E-state index in [1.165, 1.54) is 5.56 Å². The van der Waals surface area contributed by atoms with Crippen LogP contribution in [-0.4, -0.2) is 4.98 Å². The van der Waals surface area contributed by atoms with E-state index in [0.717, 1.165) is 0 Å². The summed E-state index contributed by atoms with van der Waals surface area (Å²) < 4.78 is 0. The van der Waals surface area contributed by atoms with Gasteiger partial charge in [0.15, 0.2) is 0 Å². The molecule has 0 N–H and O–H groups in total. The summed E-state index contributed by atoms with van der Waals surface area (Å²) in [6, 6.07) is 4.95. The van der Waals surface area contributed by atoms with Gasteiger partial charge in [-0.2, -0.15) is 0 Å². The van der Waals surface area contributed by atoms with Crippen molar-refractivity contribution in [3.63, 3.8) is 0 Å². The van der Waals surface area contributed by atoms with Gasteiger partial charge in [-0.1, -0.05) is 13.8 Å². The molecule has 47 valence electrons. The van der Waals surface area contributed by atoms with Crippen molar-refractivity contribution in [2.75, 3.05) is 0 Å². The predicted molar refractivity (Wildman–Crippen MR) is 37.2 cm³/mol. The molecule has 0 aliphatic carbocycles. The SMILES string of the molecule is CC(C)c1[c]ccnc1. The monoisotopic (exact) mass is 120 g/mol. The number of aromatic nitrogens is 1. The van der Waals surface area contributed by atoms with Crippen LogP contribution < -0.4 is 0 Å². The van der Waals surface area contributed by atoms with Crippen molar-refractivity contribution in [1.82, 2.24) is 4.98 Å². The van der Waals surface area contributed by atoms with E-state index < -0.39 is 0 Å². The number of pyridine rings is 1. The Kier molecular flexibility index (Phi) is 1.83. The van der Waals surface area contributed by atoms with Crippen LogP contribution in [0, 0.1) is 6.07 Å². The van der Waals surface area contributed by atoms with E-state index >= 15 is 0 Å². The van der Waals surface area contributed by atoms with Crippen molar-refractivity contribution in [3.8, 4) is 0 Å². The first kappa shape index (κ1) is 6.27. The second-order valence-electron chi connectivity index (χ2n) is 2.35. The van der Waals surface area contributed by atoms with Gasteiger partial charge in [0.05, 0.1) is 0 Å². The second kappa shape index (κ2) is 2.62. The Bertz CT molecular complexity index is 167. The van der Waals surface area contributed by atoms with Gasteiger partial charge in [-0.05, 0) is 23.6 Å². The highest BCUT2D eigenvalue weighted by Gasteiger charge is 1.95. The van der Waals surface area contributed by atoms with E-state index in [0.29, 0.717) is 5.92 Å². The second-order valence-corrected chi connectivity index (χ2v) is 2.35. The smallest absolute Gasteiger partial charge is 0.0308 e. The van der Waals surface area contributed by atoms with E-state index in [2.05, 4.69) is 24.9 Å². The van der Waals surface area contributed by atoms with E-state index in [-0.39, 0.29) is 0 Å². The van der Waals surface area contributed by atoms with Crippen LogP contribution in [0.1, 0.15) is 25.3 Å². The average molecular weight is 120 g/mol. The molecule has 0 bridgehead atoms. The summed E-state index contributed by atoms with van der Waals surface area (Å²) in [4.78, 5) is 3.97. The summed E-state index contributed by atoms with van der Waals surface area (Å²) in [6.45, 7) is 4.26. The van der Waals surface area contributed by atoms with Gasteiger partial charge in [0.1, 0.15) is 0 Å². The lowest BCUT2D eigenvalue weighted by Gasteiger charge is -2.00. The van der Waals surface area contributed by atoms with Crippen LogP contribution in [0.5, 0.6) is 0 Å². The molecule has 1 nitrogen and oxygen atoms in total. The molecule has 0 aromatic carbocycles. The Hall–Kier alpha value is -0.850. The van der Waals surface area contributed by atoms with Crippen LogP contribution in [0.25, 0.3) is 0 Å². The first-order valence-corrected chi connectivity index (χ1v) is 3.12. The summed E-state index contributed by atoms with van der Waals surface area (Å²) in [7, 11) is 0. The fraction of sp³-hybridized carbons (Fsp3) is 0.375. The Morgan fingerprint density at radius 3 is 2.67 bits per heavy atom. The normalized spacial score (nSPS) is 10.1. The molecule has 0 saturated heterocycles. The first-order valence-electron chi connectivity index (χ1n) is 3.12. The highest BCUT2D eigenvalue weighted by molar-refractivity contribution is 5.10. The van der Waals surface area contributed by atoms with Gasteiger partial charge >= 0.3 is 0 Å². The summed E-state index contributed by atoms with van der Waals surface area (Å²) in [6.07, 6.45) is 3.59. The van der Waals surface area contributed by atoms with Gasteiger partial charge in [0.2, 0.25) is 0 Å². The van der Waals surface area contributed by atoms with E-state index in [1.54, 1.807) is 6.20 Å². The number of rotatable bonds is 1. The van der Waals surface area contributed by atoms with E-state index in [4.69, 9.17) is 0 Å². The molecule has 0 saturated carbocycles. The molecule has 0 aliphatic heterocycles. The van der Waals surface area contributed by atoms with Crippen molar-refractivity contribution < 1.29 is 0 Å². The lowest BCUT2D eigenvalue weighted by Crippen LogP contribution is -1.86. The van der Waals surface area contributed by atoms with Crippen LogP contribution in [0.2, 0.25) is 0 Å². The molecule has 0 atom stereocenters. The van der Waals surface area contributed by atoms with Crippen LogP contribution in [0.4, 0.5) is 0 Å². The maximum absolute atomic E-state index is 3.97. The van der Waals surface area contributed by atoms with Crippen molar-refractivity contribution in [1.29, 1.82) is 0 Å². The molecule has 0 aliphatic rings. The molecule has 1 aromatic heterocycles. The van der Waals surface area contributed by atoms with Crippen molar-refractivity contribution in [2.45, 2.75) is 19.8 Å². The summed E-state index contributed by atoms with van der Waals surface area (Å²) in [5, 5.41) is 0. The largest absolute Gasteiger partial charge is 0.264 e. The zero-order chi connectivity index (χ0) is 6.69. The molecular weight excluding hydrogens is 110 g/mol. The zero-order valence-corrected chi connectivity index (χ0v) is 5.76. The third-order valence-electron chi connectivity index (χ3n) is 1.25. The molecule has 1 rings (SSSR count). The standard InChI is InChI=1S/C8H10N/c1-7(2)8-4-3-5-9-6-8/h3,5-7H,1-2H3. The molecule has 0 amide bonds. The van der Waals surface area contributed by atoms with E-state index in [9.17, 15) is 0 Å². The van der Waals surface area contributed by atoms with Gasteiger partial charge in [0.25, 0.3) is 0 Å². The topological polar surface area (TPSA) is 12.9 Å². The third-order valence-corrected chi connectivity index (χ3v) is 1.25. The lowest BCUT2D eigenvalue weighted by molar-refractivity contribution is 0.856. The minimum atomic E-state index is 0.540. The quantitative estimate of drug-likeness (QED) is 0.552. The number of hydrogen-bond donors (Lipinski definition) is 0. The zero-order valence-electron chi connectivity index (χ0n) is 5.76. The number of hydrogen-bond acceptors (Lipinski definition) is 1. The Labute approximate surface area is 55.7 Å². The summed E-state index contributed by atoms with van der Waals surface area (Å²) in [5.74, 6) is 0.540. The molecule has 1 radical (unpaired) electrons. The molecule has 1 heteroatoms. The van der Waals surface area contributed by atoms with Gasteiger partial charge in [-0.15, -0.1) is 0 Å². The van der Waals surface area contributed by atoms with Gasteiger partial charge in [-0.3, -0.25) is 4.98 Å². The minimum Gasteiger partial charge on any atom is -0.264 e. The summed E-state index contributed by atoms with van der Waals surface area (Å²) in [5.41, 5.74) is 1.18. The highest BCUT2D eigenvalue weighted by Crippen LogP contribution is 2.09. The van der Waals surface area contributed by atoms with Crippen molar-refractivity contribution in [2.24, 2.45) is 0 Å². The molecule has 0 spiro atoms. The molecule has 9 heavy (non-hydrogen) atoms. The minimum absolute atomic E-state index is 0.540. The fourth-order valence-electron chi connectivity index (χ4n) is 0.653. The van der Waals surface area contributed by atoms with Crippen LogP contribution in [-0.2, 0) is 0 Å². The molecule has 0 fully saturated rings. The fourth-order valence-corrected chi connectivity index (χ4v) is 0.653. The maximum atomic E-state index is 3.97.